The first-order valence-electron chi connectivity index (χ1n) is 5.80. The number of halogens is 1. The molecule has 100 valence electrons. The monoisotopic (exact) mass is 339 g/mol. The van der Waals surface area contributed by atoms with Gasteiger partial charge in [0.15, 0.2) is 0 Å². The number of nitrogens with zero attached hydrogens (tertiary/aromatic N) is 1. The Kier molecular flexibility index (Phi) is 4.55. The van der Waals surface area contributed by atoms with Gasteiger partial charge >= 0.3 is 0 Å². The van der Waals surface area contributed by atoms with Crippen LogP contribution in [0.25, 0.3) is 0 Å². The summed E-state index contributed by atoms with van der Waals surface area (Å²) in [5, 5.41) is 5.85. The molecule has 1 unspecified atom stereocenters. The predicted molar refractivity (Wildman–Crippen MR) is 81.4 cm³/mol. The summed E-state index contributed by atoms with van der Waals surface area (Å²) >= 11 is 4.90. The molecule has 0 saturated heterocycles. The van der Waals surface area contributed by atoms with E-state index in [1.807, 2.05) is 12.3 Å². The second-order valence-corrected chi connectivity index (χ2v) is 6.00. The number of carbonyl (C=O) groups excluding carboxylic acids is 1. The van der Waals surface area contributed by atoms with Crippen LogP contribution in [0, 0.1) is 0 Å². The minimum Gasteiger partial charge on any atom is -0.398 e. The maximum atomic E-state index is 12.0. The lowest BCUT2D eigenvalue weighted by atomic mass is 10.1. The minimum absolute atomic E-state index is 0.123. The largest absolute Gasteiger partial charge is 0.398 e. The van der Waals surface area contributed by atoms with Gasteiger partial charge in [-0.3, -0.25) is 4.79 Å². The maximum Gasteiger partial charge on any atom is 0.251 e. The molecule has 1 aromatic heterocycles. The number of nitrogens with one attached hydrogen (secondary N) is 1. The van der Waals surface area contributed by atoms with E-state index < -0.39 is 0 Å². The van der Waals surface area contributed by atoms with E-state index in [0.29, 0.717) is 17.8 Å². The molecular formula is C13H14BrN3OS. The van der Waals surface area contributed by atoms with Crippen LogP contribution in [-0.2, 0) is 0 Å². The summed E-state index contributed by atoms with van der Waals surface area (Å²) < 4.78 is 0.792. The van der Waals surface area contributed by atoms with Gasteiger partial charge in [-0.15, -0.1) is 11.3 Å². The second-order valence-electron chi connectivity index (χ2n) is 4.22. The molecule has 0 fully saturated rings. The Morgan fingerprint density at radius 2 is 2.37 bits per heavy atom. The van der Waals surface area contributed by atoms with Crippen LogP contribution in [0.15, 0.2) is 34.2 Å². The van der Waals surface area contributed by atoms with Crippen molar-refractivity contribution in [3.05, 3.63) is 44.8 Å². The molecule has 0 aliphatic heterocycles. The molecule has 19 heavy (non-hydrogen) atoms. The van der Waals surface area contributed by atoms with Gasteiger partial charge in [-0.25, -0.2) is 4.98 Å². The number of nitrogens with two attached hydrogens (primary N) is 1. The number of anilines is 1. The first-order valence-corrected chi connectivity index (χ1v) is 7.48. The zero-order valence-corrected chi connectivity index (χ0v) is 12.8. The van der Waals surface area contributed by atoms with Crippen LogP contribution in [-0.4, -0.2) is 17.4 Å². The van der Waals surface area contributed by atoms with Gasteiger partial charge in [0, 0.05) is 39.8 Å². The molecule has 1 amide bonds. The van der Waals surface area contributed by atoms with Crippen LogP contribution in [0.1, 0.15) is 28.2 Å². The Morgan fingerprint density at radius 3 is 3.00 bits per heavy atom. The highest BCUT2D eigenvalue weighted by atomic mass is 79.9. The van der Waals surface area contributed by atoms with E-state index in [-0.39, 0.29) is 11.8 Å². The molecule has 4 nitrogen and oxygen atoms in total. The van der Waals surface area contributed by atoms with E-state index in [1.54, 1.807) is 35.7 Å². The average Bonchev–Trinajstić information content (AvgIpc) is 2.92. The number of aromatic nitrogens is 1. The molecule has 0 aliphatic carbocycles. The normalized spacial score (nSPS) is 12.1. The van der Waals surface area contributed by atoms with Crippen molar-refractivity contribution in [1.29, 1.82) is 0 Å². The van der Waals surface area contributed by atoms with Crippen molar-refractivity contribution >= 4 is 38.9 Å². The summed E-state index contributed by atoms with van der Waals surface area (Å²) in [5.74, 6) is 0.0827. The van der Waals surface area contributed by atoms with Crippen LogP contribution in [0.4, 0.5) is 5.69 Å². The summed E-state index contributed by atoms with van der Waals surface area (Å²) in [6, 6.07) is 5.17. The van der Waals surface area contributed by atoms with Crippen LogP contribution < -0.4 is 11.1 Å². The average molecular weight is 340 g/mol. The van der Waals surface area contributed by atoms with Crippen molar-refractivity contribution in [2.75, 3.05) is 12.3 Å². The highest BCUT2D eigenvalue weighted by Gasteiger charge is 2.11. The first kappa shape index (κ1) is 14.0. The van der Waals surface area contributed by atoms with Gasteiger partial charge in [-0.1, -0.05) is 6.92 Å². The SMILES string of the molecule is CC(CNC(=O)c1ccc(Br)c(N)c1)c1nccs1. The summed E-state index contributed by atoms with van der Waals surface area (Å²) in [7, 11) is 0. The van der Waals surface area contributed by atoms with E-state index in [1.165, 1.54) is 0 Å². The van der Waals surface area contributed by atoms with E-state index in [4.69, 9.17) is 5.73 Å². The third-order valence-electron chi connectivity index (χ3n) is 2.70. The molecule has 0 radical (unpaired) electrons. The van der Waals surface area contributed by atoms with Gasteiger partial charge in [0.25, 0.3) is 5.91 Å². The van der Waals surface area contributed by atoms with E-state index >= 15 is 0 Å². The summed E-state index contributed by atoms with van der Waals surface area (Å²) in [4.78, 5) is 16.2. The third-order valence-corrected chi connectivity index (χ3v) is 4.43. The Morgan fingerprint density at radius 1 is 1.58 bits per heavy atom. The summed E-state index contributed by atoms with van der Waals surface area (Å²) in [6.07, 6.45) is 1.77. The number of rotatable bonds is 4. The number of nitrogen functional groups attached to an aromatic ring is 1. The van der Waals surface area contributed by atoms with Gasteiger partial charge in [-0.05, 0) is 34.1 Å². The zero-order chi connectivity index (χ0) is 13.8. The number of hydrogen-bond acceptors (Lipinski definition) is 4. The van der Waals surface area contributed by atoms with Crippen molar-refractivity contribution < 1.29 is 4.79 Å². The number of amides is 1. The fraction of sp³-hybridized carbons (Fsp3) is 0.231. The second kappa shape index (κ2) is 6.16. The lowest BCUT2D eigenvalue weighted by Crippen LogP contribution is -2.27. The third kappa shape index (κ3) is 3.54. The maximum absolute atomic E-state index is 12.0. The predicted octanol–water partition coefficient (Wildman–Crippen LogP) is 3.02. The number of thiazole rings is 1. The zero-order valence-electron chi connectivity index (χ0n) is 10.4. The fourth-order valence-electron chi connectivity index (χ4n) is 1.60. The van der Waals surface area contributed by atoms with Crippen molar-refractivity contribution in [2.45, 2.75) is 12.8 Å². The summed E-state index contributed by atoms with van der Waals surface area (Å²) in [5.41, 5.74) is 6.87. The number of benzene rings is 1. The molecular weight excluding hydrogens is 326 g/mol. The first-order chi connectivity index (χ1) is 9.08. The lowest BCUT2D eigenvalue weighted by molar-refractivity contribution is 0.0951. The molecule has 0 aliphatic rings. The van der Waals surface area contributed by atoms with Crippen LogP contribution >= 0.6 is 27.3 Å². The van der Waals surface area contributed by atoms with Gasteiger partial charge in [0.1, 0.15) is 0 Å². The highest BCUT2D eigenvalue weighted by molar-refractivity contribution is 9.10. The smallest absolute Gasteiger partial charge is 0.251 e. The van der Waals surface area contributed by atoms with Crippen molar-refractivity contribution in [3.8, 4) is 0 Å². The Bertz CT molecular complexity index is 571. The molecule has 3 N–H and O–H groups in total. The molecule has 0 spiro atoms. The van der Waals surface area contributed by atoms with Crippen molar-refractivity contribution in [1.82, 2.24) is 10.3 Å². The van der Waals surface area contributed by atoms with E-state index in [9.17, 15) is 4.79 Å². The van der Waals surface area contributed by atoms with Gasteiger partial charge in [0.05, 0.1) is 5.01 Å². The molecule has 1 heterocycles. The molecule has 1 aromatic carbocycles. The fourth-order valence-corrected chi connectivity index (χ4v) is 2.54. The van der Waals surface area contributed by atoms with Crippen LogP contribution in [0.5, 0.6) is 0 Å². The topological polar surface area (TPSA) is 68.0 Å². The van der Waals surface area contributed by atoms with Crippen molar-refractivity contribution in [3.63, 3.8) is 0 Å². The molecule has 0 bridgehead atoms. The van der Waals surface area contributed by atoms with Crippen LogP contribution in [0.3, 0.4) is 0 Å². The van der Waals surface area contributed by atoms with E-state index in [0.717, 1.165) is 9.48 Å². The van der Waals surface area contributed by atoms with Gasteiger partial charge < -0.3 is 11.1 Å². The Balaban J connectivity index is 1.96. The molecule has 1 atom stereocenters. The molecule has 6 heteroatoms. The quantitative estimate of drug-likeness (QED) is 0.841. The molecule has 2 rings (SSSR count). The molecule has 0 saturated carbocycles. The number of carbonyl (C=O) groups is 1. The lowest BCUT2D eigenvalue weighted by Gasteiger charge is -2.10. The summed E-state index contributed by atoms with van der Waals surface area (Å²) in [6.45, 7) is 2.59. The molecule has 2 aromatic rings. The minimum atomic E-state index is -0.123. The Hall–Kier alpha value is -1.40. The number of hydrogen-bond donors (Lipinski definition) is 2. The van der Waals surface area contributed by atoms with Gasteiger partial charge in [-0.2, -0.15) is 0 Å². The highest BCUT2D eigenvalue weighted by Crippen LogP contribution is 2.20. The van der Waals surface area contributed by atoms with E-state index in [2.05, 4.69) is 26.2 Å². The van der Waals surface area contributed by atoms with Gasteiger partial charge in [0.2, 0.25) is 0 Å². The standard InChI is InChI=1S/C13H14BrN3OS/c1-8(13-16-4-5-19-13)7-17-12(18)9-2-3-10(14)11(15)6-9/h2-6,8H,7,15H2,1H3,(H,17,18). The van der Waals surface area contributed by atoms with Crippen molar-refractivity contribution in [2.24, 2.45) is 0 Å². The Labute approximate surface area is 124 Å². The van der Waals surface area contributed by atoms with Crippen LogP contribution in [0.2, 0.25) is 0 Å².